The first-order valence-corrected chi connectivity index (χ1v) is 9.69. The van der Waals surface area contributed by atoms with E-state index in [-0.39, 0.29) is 18.7 Å². The van der Waals surface area contributed by atoms with Crippen LogP contribution in [-0.4, -0.2) is 25.6 Å². The Kier molecular flexibility index (Phi) is 4.78. The van der Waals surface area contributed by atoms with Gasteiger partial charge < -0.3 is 4.98 Å². The molecule has 0 unspecified atom stereocenters. The van der Waals surface area contributed by atoms with Crippen LogP contribution in [0.15, 0.2) is 42.5 Å². The third-order valence-electron chi connectivity index (χ3n) is 3.90. The molecule has 136 valence electrons. The lowest BCUT2D eigenvalue weighted by molar-refractivity contribution is -0.119. The molecular weight excluding hydrogens is 362 g/mol. The Bertz CT molecular complexity index is 1070. The van der Waals surface area contributed by atoms with Crippen LogP contribution in [0.5, 0.6) is 0 Å². The van der Waals surface area contributed by atoms with Crippen LogP contribution < -0.4 is 4.72 Å². The van der Waals surface area contributed by atoms with E-state index in [2.05, 4.69) is 4.98 Å². The molecule has 0 bridgehead atoms. The van der Waals surface area contributed by atoms with Crippen molar-refractivity contribution in [1.82, 2.24) is 9.71 Å². The summed E-state index contributed by atoms with van der Waals surface area (Å²) in [6.45, 7) is 0. The van der Waals surface area contributed by atoms with Crippen LogP contribution in [0.4, 0.5) is 8.78 Å². The molecule has 0 saturated heterocycles. The Morgan fingerprint density at radius 2 is 1.73 bits per heavy atom. The Morgan fingerprint density at radius 3 is 2.38 bits per heavy atom. The van der Waals surface area contributed by atoms with Gasteiger partial charge in [0, 0.05) is 23.0 Å². The fraction of sp³-hybridized carbons (Fsp3) is 0.167. The zero-order chi connectivity index (χ0) is 18.9. The molecule has 0 saturated carbocycles. The van der Waals surface area contributed by atoms with E-state index in [1.807, 2.05) is 4.72 Å². The summed E-state index contributed by atoms with van der Waals surface area (Å²) < 4.78 is 51.1. The summed E-state index contributed by atoms with van der Waals surface area (Å²) in [5, 5.41) is 0.594. The number of hydrogen-bond acceptors (Lipinski definition) is 3. The van der Waals surface area contributed by atoms with Crippen molar-refractivity contribution in [2.75, 3.05) is 6.26 Å². The highest BCUT2D eigenvalue weighted by molar-refractivity contribution is 7.89. The van der Waals surface area contributed by atoms with Crippen LogP contribution in [0.1, 0.15) is 12.0 Å². The standard InChI is InChI=1S/C18H16F2N2O3S/c1-26(24,25)22-17(23)9-7-14-15-10-13(20)6-8-16(15)21-18(14)11-2-4-12(19)5-3-11/h2-6,8,10,21H,7,9H2,1H3,(H,22,23). The average Bonchev–Trinajstić information content (AvgIpc) is 2.90. The van der Waals surface area contributed by atoms with Crippen LogP contribution in [-0.2, 0) is 21.2 Å². The van der Waals surface area contributed by atoms with Gasteiger partial charge in [0.15, 0.2) is 0 Å². The number of aromatic amines is 1. The monoisotopic (exact) mass is 378 g/mol. The molecule has 3 aromatic rings. The highest BCUT2D eigenvalue weighted by atomic mass is 32.2. The topological polar surface area (TPSA) is 79.0 Å². The van der Waals surface area contributed by atoms with Gasteiger partial charge in [-0.1, -0.05) is 0 Å². The molecule has 3 rings (SSSR count). The van der Waals surface area contributed by atoms with Crippen LogP contribution in [0, 0.1) is 11.6 Å². The summed E-state index contributed by atoms with van der Waals surface area (Å²) >= 11 is 0. The van der Waals surface area contributed by atoms with Crippen LogP contribution >= 0.6 is 0 Å². The Balaban J connectivity index is 2.00. The van der Waals surface area contributed by atoms with Crippen molar-refractivity contribution in [2.45, 2.75) is 12.8 Å². The lowest BCUT2D eigenvalue weighted by Gasteiger charge is -2.06. The van der Waals surface area contributed by atoms with Crippen molar-refractivity contribution in [3.8, 4) is 11.3 Å². The number of benzene rings is 2. The molecule has 5 nitrogen and oxygen atoms in total. The van der Waals surface area contributed by atoms with Crippen LogP contribution in [0.25, 0.3) is 22.2 Å². The van der Waals surface area contributed by atoms with E-state index in [0.29, 0.717) is 27.7 Å². The number of hydrogen-bond donors (Lipinski definition) is 2. The molecule has 2 N–H and O–H groups in total. The molecule has 0 spiro atoms. The second-order valence-corrected chi connectivity index (χ2v) is 7.72. The van der Waals surface area contributed by atoms with Gasteiger partial charge >= 0.3 is 0 Å². The first-order chi connectivity index (χ1) is 12.2. The van der Waals surface area contributed by atoms with E-state index in [4.69, 9.17) is 0 Å². The highest BCUT2D eigenvalue weighted by Crippen LogP contribution is 2.32. The Labute approximate surface area is 149 Å². The van der Waals surface area contributed by atoms with Crippen molar-refractivity contribution >= 4 is 26.8 Å². The number of halogens is 2. The quantitative estimate of drug-likeness (QED) is 0.716. The number of H-pyrrole nitrogens is 1. The molecule has 0 radical (unpaired) electrons. The summed E-state index contributed by atoms with van der Waals surface area (Å²) in [7, 11) is -3.64. The van der Waals surface area contributed by atoms with Crippen LogP contribution in [0.3, 0.4) is 0 Å². The molecule has 0 fully saturated rings. The maximum absolute atomic E-state index is 13.7. The van der Waals surface area contributed by atoms with Gasteiger partial charge in [-0.2, -0.15) is 0 Å². The van der Waals surface area contributed by atoms with E-state index in [1.165, 1.54) is 24.3 Å². The SMILES string of the molecule is CS(=O)(=O)NC(=O)CCc1c(-c2ccc(F)cc2)[nH]c2ccc(F)cc12. The van der Waals surface area contributed by atoms with E-state index in [9.17, 15) is 22.0 Å². The minimum Gasteiger partial charge on any atom is -0.354 e. The fourth-order valence-corrected chi connectivity index (χ4v) is 3.35. The smallest absolute Gasteiger partial charge is 0.233 e. The zero-order valence-electron chi connectivity index (χ0n) is 13.8. The normalized spacial score (nSPS) is 11.7. The van der Waals surface area contributed by atoms with Crippen molar-refractivity contribution in [3.63, 3.8) is 0 Å². The van der Waals surface area contributed by atoms with E-state index < -0.39 is 21.7 Å². The predicted octanol–water partition coefficient (Wildman–Crippen LogP) is 3.12. The molecule has 2 aromatic carbocycles. The van der Waals surface area contributed by atoms with Gasteiger partial charge in [0.25, 0.3) is 0 Å². The first kappa shape index (κ1) is 18.1. The molecule has 0 aliphatic carbocycles. The summed E-state index contributed by atoms with van der Waals surface area (Å²) in [5.74, 6) is -1.46. The van der Waals surface area contributed by atoms with Gasteiger partial charge in [-0.3, -0.25) is 9.52 Å². The molecular formula is C18H16F2N2O3S. The molecule has 1 heterocycles. The first-order valence-electron chi connectivity index (χ1n) is 7.79. The molecule has 1 aromatic heterocycles. The summed E-state index contributed by atoms with van der Waals surface area (Å²) in [5.41, 5.74) is 2.65. The summed E-state index contributed by atoms with van der Waals surface area (Å²) in [6, 6.07) is 10.0. The van der Waals surface area contributed by atoms with Crippen molar-refractivity contribution in [1.29, 1.82) is 0 Å². The zero-order valence-corrected chi connectivity index (χ0v) is 14.7. The second kappa shape index (κ2) is 6.87. The number of nitrogens with one attached hydrogen (secondary N) is 2. The number of fused-ring (bicyclic) bond motifs is 1. The van der Waals surface area contributed by atoms with Gasteiger partial charge in [-0.25, -0.2) is 17.2 Å². The maximum Gasteiger partial charge on any atom is 0.233 e. The number of aromatic nitrogens is 1. The largest absolute Gasteiger partial charge is 0.354 e. The minimum absolute atomic E-state index is 0.0925. The van der Waals surface area contributed by atoms with Crippen molar-refractivity contribution < 1.29 is 22.0 Å². The lowest BCUT2D eigenvalue weighted by atomic mass is 10.0. The Morgan fingerprint density at radius 1 is 1.08 bits per heavy atom. The summed E-state index contributed by atoms with van der Waals surface area (Å²) in [6.07, 6.45) is 0.998. The fourth-order valence-electron chi connectivity index (χ4n) is 2.84. The van der Waals surface area contributed by atoms with Crippen LogP contribution in [0.2, 0.25) is 0 Å². The number of carbonyl (C=O) groups is 1. The van der Waals surface area contributed by atoms with Gasteiger partial charge in [0.05, 0.1) is 6.26 Å². The van der Waals surface area contributed by atoms with E-state index in [0.717, 1.165) is 6.26 Å². The minimum atomic E-state index is -3.64. The molecule has 0 aliphatic rings. The maximum atomic E-state index is 13.7. The highest BCUT2D eigenvalue weighted by Gasteiger charge is 2.16. The van der Waals surface area contributed by atoms with Gasteiger partial charge in [-0.05, 0) is 60.0 Å². The number of amides is 1. The Hall–Kier alpha value is -2.74. The van der Waals surface area contributed by atoms with Crippen molar-refractivity contribution in [3.05, 3.63) is 59.7 Å². The van der Waals surface area contributed by atoms with Gasteiger partial charge in [0.2, 0.25) is 15.9 Å². The molecule has 26 heavy (non-hydrogen) atoms. The summed E-state index contributed by atoms with van der Waals surface area (Å²) in [4.78, 5) is 15.0. The van der Waals surface area contributed by atoms with Gasteiger partial charge in [0.1, 0.15) is 11.6 Å². The number of sulfonamides is 1. The number of aryl methyl sites for hydroxylation is 1. The second-order valence-electron chi connectivity index (χ2n) is 5.97. The molecule has 0 aliphatic heterocycles. The lowest BCUT2D eigenvalue weighted by Crippen LogP contribution is -2.29. The molecule has 0 atom stereocenters. The molecule has 8 heteroatoms. The molecule has 1 amide bonds. The average molecular weight is 378 g/mol. The van der Waals surface area contributed by atoms with E-state index in [1.54, 1.807) is 18.2 Å². The van der Waals surface area contributed by atoms with Crippen molar-refractivity contribution in [2.24, 2.45) is 0 Å². The van der Waals surface area contributed by atoms with E-state index >= 15 is 0 Å². The number of rotatable bonds is 5. The number of carbonyl (C=O) groups excluding carboxylic acids is 1. The predicted molar refractivity (Wildman–Crippen MR) is 95.0 cm³/mol. The third-order valence-corrected chi connectivity index (χ3v) is 4.50. The van der Waals surface area contributed by atoms with Gasteiger partial charge in [-0.15, -0.1) is 0 Å². The third kappa shape index (κ3) is 4.08.